The van der Waals surface area contributed by atoms with Gasteiger partial charge in [-0.15, -0.1) is 0 Å². The molecule has 2 unspecified atom stereocenters. The van der Waals surface area contributed by atoms with E-state index in [2.05, 4.69) is 11.4 Å². The summed E-state index contributed by atoms with van der Waals surface area (Å²) in [6.45, 7) is 7.53. The normalized spacial score (nSPS) is 26.3. The van der Waals surface area contributed by atoms with Crippen molar-refractivity contribution in [1.29, 1.82) is 5.26 Å². The number of nitriles is 1. The van der Waals surface area contributed by atoms with Crippen molar-refractivity contribution in [3.05, 3.63) is 0 Å². The topological polar surface area (TPSA) is 62.1 Å². The lowest BCUT2D eigenvalue weighted by molar-refractivity contribution is 0.0876. The highest BCUT2D eigenvalue weighted by atomic mass is 16.6. The summed E-state index contributed by atoms with van der Waals surface area (Å²) in [6, 6.07) is 2.18. The maximum Gasteiger partial charge on any atom is 0.407 e. The fourth-order valence-corrected chi connectivity index (χ4v) is 1.47. The van der Waals surface area contributed by atoms with Gasteiger partial charge in [-0.1, -0.05) is 0 Å². The SMILES string of the molecule is C[C@@H](OC(=O)NC(C)(C)C)C1CC1C#N. The number of hydrogen-bond acceptors (Lipinski definition) is 3. The highest BCUT2D eigenvalue weighted by Crippen LogP contribution is 2.41. The van der Waals surface area contributed by atoms with E-state index >= 15 is 0 Å². The van der Waals surface area contributed by atoms with E-state index in [0.29, 0.717) is 0 Å². The second-order valence-electron chi connectivity index (χ2n) is 5.12. The molecule has 0 aromatic rings. The van der Waals surface area contributed by atoms with Gasteiger partial charge in [0.25, 0.3) is 0 Å². The van der Waals surface area contributed by atoms with Crippen molar-refractivity contribution in [2.45, 2.75) is 45.8 Å². The number of amides is 1. The Bertz CT molecular complexity index is 288. The first kappa shape index (κ1) is 11.8. The van der Waals surface area contributed by atoms with Gasteiger partial charge in [0.05, 0.1) is 12.0 Å². The molecule has 15 heavy (non-hydrogen) atoms. The summed E-state index contributed by atoms with van der Waals surface area (Å²) in [4.78, 5) is 11.4. The van der Waals surface area contributed by atoms with Crippen LogP contribution in [0.15, 0.2) is 0 Å². The zero-order chi connectivity index (χ0) is 11.6. The second kappa shape index (κ2) is 4.09. The molecule has 0 bridgehead atoms. The number of rotatable bonds is 2. The third kappa shape index (κ3) is 3.78. The molecule has 0 radical (unpaired) electrons. The van der Waals surface area contributed by atoms with Gasteiger partial charge < -0.3 is 10.1 Å². The van der Waals surface area contributed by atoms with Gasteiger partial charge in [0.1, 0.15) is 6.10 Å². The highest BCUT2D eigenvalue weighted by Gasteiger charge is 2.43. The number of carbonyl (C=O) groups is 1. The summed E-state index contributed by atoms with van der Waals surface area (Å²) >= 11 is 0. The van der Waals surface area contributed by atoms with Crippen LogP contribution in [-0.2, 0) is 4.74 Å². The molecule has 0 heterocycles. The maximum atomic E-state index is 11.4. The van der Waals surface area contributed by atoms with Gasteiger partial charge in [-0.25, -0.2) is 4.79 Å². The van der Waals surface area contributed by atoms with Crippen LogP contribution in [-0.4, -0.2) is 17.7 Å². The van der Waals surface area contributed by atoms with Gasteiger partial charge in [0.2, 0.25) is 0 Å². The number of hydrogen-bond donors (Lipinski definition) is 1. The Kier molecular flexibility index (Phi) is 3.23. The van der Waals surface area contributed by atoms with Crippen LogP contribution in [0.5, 0.6) is 0 Å². The molecule has 1 aliphatic carbocycles. The summed E-state index contributed by atoms with van der Waals surface area (Å²) in [6.07, 6.45) is 0.274. The molecule has 1 amide bonds. The molecular weight excluding hydrogens is 192 g/mol. The fourth-order valence-electron chi connectivity index (χ4n) is 1.47. The number of nitrogens with one attached hydrogen (secondary N) is 1. The smallest absolute Gasteiger partial charge is 0.407 e. The van der Waals surface area contributed by atoms with Crippen LogP contribution in [0.3, 0.4) is 0 Å². The third-order valence-electron chi connectivity index (χ3n) is 2.38. The van der Waals surface area contributed by atoms with Crippen LogP contribution >= 0.6 is 0 Å². The van der Waals surface area contributed by atoms with Crippen LogP contribution in [0, 0.1) is 23.2 Å². The van der Waals surface area contributed by atoms with Crippen molar-refractivity contribution in [1.82, 2.24) is 5.32 Å². The minimum Gasteiger partial charge on any atom is -0.446 e. The molecule has 1 fully saturated rings. The summed E-state index contributed by atoms with van der Waals surface area (Å²) in [5.74, 6) is 0.295. The molecule has 0 aliphatic heterocycles. The van der Waals surface area contributed by atoms with Gasteiger partial charge in [0.15, 0.2) is 0 Å². The van der Waals surface area contributed by atoms with E-state index in [9.17, 15) is 4.79 Å². The number of nitrogens with zero attached hydrogens (tertiary/aromatic N) is 1. The zero-order valence-corrected chi connectivity index (χ0v) is 9.70. The van der Waals surface area contributed by atoms with E-state index in [1.165, 1.54) is 0 Å². The van der Waals surface area contributed by atoms with Crippen molar-refractivity contribution in [3.63, 3.8) is 0 Å². The largest absolute Gasteiger partial charge is 0.446 e. The molecule has 3 atom stereocenters. The molecule has 4 heteroatoms. The van der Waals surface area contributed by atoms with Crippen LogP contribution in [0.2, 0.25) is 0 Å². The van der Waals surface area contributed by atoms with Crippen molar-refractivity contribution in [2.24, 2.45) is 11.8 Å². The lowest BCUT2D eigenvalue weighted by atomic mass is 10.1. The van der Waals surface area contributed by atoms with Crippen LogP contribution < -0.4 is 5.32 Å². The Hall–Kier alpha value is -1.24. The van der Waals surface area contributed by atoms with Gasteiger partial charge in [0, 0.05) is 11.5 Å². The third-order valence-corrected chi connectivity index (χ3v) is 2.38. The first-order valence-electron chi connectivity index (χ1n) is 5.22. The average Bonchev–Trinajstić information content (AvgIpc) is 2.77. The fraction of sp³-hybridized carbons (Fsp3) is 0.818. The molecule has 0 aromatic carbocycles. The van der Waals surface area contributed by atoms with E-state index in [1.54, 1.807) is 0 Å². The number of alkyl carbamates (subject to hydrolysis) is 1. The minimum atomic E-state index is -0.404. The van der Waals surface area contributed by atoms with Gasteiger partial charge in [-0.3, -0.25) is 0 Å². The molecule has 1 rings (SSSR count). The quantitative estimate of drug-likeness (QED) is 0.758. The Labute approximate surface area is 90.6 Å². The van der Waals surface area contributed by atoms with Crippen LogP contribution in [0.1, 0.15) is 34.1 Å². The minimum absolute atomic E-state index is 0.0717. The van der Waals surface area contributed by atoms with Crippen molar-refractivity contribution >= 4 is 6.09 Å². The number of carbonyl (C=O) groups excluding carboxylic acids is 1. The zero-order valence-electron chi connectivity index (χ0n) is 9.70. The Morgan fingerprint density at radius 1 is 1.60 bits per heavy atom. The summed E-state index contributed by atoms with van der Waals surface area (Å²) in [5, 5.41) is 11.4. The standard InChI is InChI=1S/C11H18N2O2/c1-7(9-5-8(9)6-12)15-10(14)13-11(2,3)4/h7-9H,5H2,1-4H3,(H,13,14)/t7-,8?,9?/m1/s1. The van der Waals surface area contributed by atoms with E-state index in [0.717, 1.165) is 6.42 Å². The molecular formula is C11H18N2O2. The lowest BCUT2D eigenvalue weighted by Crippen LogP contribution is -2.42. The van der Waals surface area contributed by atoms with Crippen LogP contribution in [0.25, 0.3) is 0 Å². The van der Waals surface area contributed by atoms with E-state index in [-0.39, 0.29) is 23.5 Å². The summed E-state index contributed by atoms with van der Waals surface area (Å²) in [5.41, 5.74) is -0.283. The molecule has 4 nitrogen and oxygen atoms in total. The lowest BCUT2D eigenvalue weighted by Gasteiger charge is -2.22. The monoisotopic (exact) mass is 210 g/mol. The van der Waals surface area contributed by atoms with Crippen LogP contribution in [0.4, 0.5) is 4.79 Å². The highest BCUT2D eigenvalue weighted by molar-refractivity contribution is 5.68. The van der Waals surface area contributed by atoms with E-state index in [4.69, 9.17) is 10.00 Å². The van der Waals surface area contributed by atoms with E-state index < -0.39 is 6.09 Å². The van der Waals surface area contributed by atoms with Gasteiger partial charge in [-0.05, 0) is 34.1 Å². The maximum absolute atomic E-state index is 11.4. The Morgan fingerprint density at radius 2 is 2.20 bits per heavy atom. The van der Waals surface area contributed by atoms with E-state index in [1.807, 2.05) is 27.7 Å². The Morgan fingerprint density at radius 3 is 2.60 bits per heavy atom. The molecule has 0 spiro atoms. The molecule has 1 N–H and O–H groups in total. The Balaban J connectivity index is 2.31. The molecule has 1 saturated carbocycles. The molecule has 0 saturated heterocycles. The molecule has 84 valence electrons. The predicted octanol–water partition coefficient (Wildman–Crippen LogP) is 2.06. The van der Waals surface area contributed by atoms with Gasteiger partial charge >= 0.3 is 6.09 Å². The van der Waals surface area contributed by atoms with Crippen molar-refractivity contribution in [3.8, 4) is 6.07 Å². The predicted molar refractivity (Wildman–Crippen MR) is 56.0 cm³/mol. The first-order chi connectivity index (χ1) is 6.83. The molecule has 1 aliphatic rings. The van der Waals surface area contributed by atoms with Crippen molar-refractivity contribution < 1.29 is 9.53 Å². The first-order valence-corrected chi connectivity index (χ1v) is 5.22. The summed E-state index contributed by atoms with van der Waals surface area (Å²) in [7, 11) is 0. The number of ether oxygens (including phenoxy) is 1. The second-order valence-corrected chi connectivity index (χ2v) is 5.12. The average molecular weight is 210 g/mol. The summed E-state index contributed by atoms with van der Waals surface area (Å²) < 4.78 is 5.18. The van der Waals surface area contributed by atoms with Crippen molar-refractivity contribution in [2.75, 3.05) is 0 Å². The molecule has 0 aromatic heterocycles. The van der Waals surface area contributed by atoms with Gasteiger partial charge in [-0.2, -0.15) is 5.26 Å².